The van der Waals surface area contributed by atoms with Gasteiger partial charge < -0.3 is 14.7 Å². The first-order chi connectivity index (χ1) is 9.20. The van der Waals surface area contributed by atoms with Crippen molar-refractivity contribution in [2.24, 2.45) is 0 Å². The second-order valence-electron chi connectivity index (χ2n) is 3.93. The molecule has 19 heavy (non-hydrogen) atoms. The lowest BCUT2D eigenvalue weighted by atomic mass is 10.1. The summed E-state index contributed by atoms with van der Waals surface area (Å²) in [6.45, 7) is 3.39. The molecule has 1 N–H and O–H groups in total. The van der Waals surface area contributed by atoms with Crippen LogP contribution in [-0.2, 0) is 4.74 Å². The van der Waals surface area contributed by atoms with Gasteiger partial charge in [-0.05, 0) is 19.1 Å². The Morgan fingerprint density at radius 3 is 2.84 bits per heavy atom. The molecule has 1 amide bonds. The van der Waals surface area contributed by atoms with Crippen LogP contribution in [-0.4, -0.2) is 49.3 Å². The first-order valence-electron chi connectivity index (χ1n) is 6.22. The predicted octanol–water partition coefficient (Wildman–Crippen LogP) is 1.14. The second-order valence-corrected chi connectivity index (χ2v) is 3.93. The van der Waals surface area contributed by atoms with Crippen LogP contribution < -0.4 is 0 Å². The van der Waals surface area contributed by atoms with Crippen molar-refractivity contribution in [1.29, 1.82) is 0 Å². The number of carbonyl (C=O) groups is 1. The Labute approximate surface area is 114 Å². The first-order valence-corrected chi connectivity index (χ1v) is 6.22. The molecule has 0 atom stereocenters. The van der Waals surface area contributed by atoms with Gasteiger partial charge in [-0.15, -0.1) is 0 Å². The highest BCUT2D eigenvalue weighted by Crippen LogP contribution is 2.10. The Morgan fingerprint density at radius 2 is 2.16 bits per heavy atom. The van der Waals surface area contributed by atoms with Gasteiger partial charge in [0.25, 0.3) is 5.91 Å². The van der Waals surface area contributed by atoms with Crippen LogP contribution in [0.4, 0.5) is 0 Å². The van der Waals surface area contributed by atoms with Crippen molar-refractivity contribution < 1.29 is 14.6 Å². The standard InChI is InChI=1S/C15H19NO3/c1-3-19-12-10-16(2)15(18)14-9-5-4-7-13(14)8-6-11-17/h4-5,7,9,17H,3,10-12H2,1-2H3. The van der Waals surface area contributed by atoms with Crippen LogP contribution in [0.1, 0.15) is 22.8 Å². The summed E-state index contributed by atoms with van der Waals surface area (Å²) in [5.41, 5.74) is 1.17. The molecule has 0 bridgehead atoms. The summed E-state index contributed by atoms with van der Waals surface area (Å²) >= 11 is 0. The number of hydrogen-bond donors (Lipinski definition) is 1. The van der Waals surface area contributed by atoms with Crippen LogP contribution in [0.15, 0.2) is 24.3 Å². The van der Waals surface area contributed by atoms with Gasteiger partial charge in [0, 0.05) is 25.8 Å². The lowest BCUT2D eigenvalue weighted by Crippen LogP contribution is -2.30. The summed E-state index contributed by atoms with van der Waals surface area (Å²) in [5.74, 6) is 5.25. The molecule has 4 heteroatoms. The summed E-state index contributed by atoms with van der Waals surface area (Å²) in [7, 11) is 1.73. The lowest BCUT2D eigenvalue weighted by molar-refractivity contribution is 0.0709. The molecular weight excluding hydrogens is 242 g/mol. The van der Waals surface area contributed by atoms with Crippen molar-refractivity contribution in [3.05, 3.63) is 35.4 Å². The number of ether oxygens (including phenoxy) is 1. The number of carbonyl (C=O) groups excluding carboxylic acids is 1. The van der Waals surface area contributed by atoms with Crippen LogP contribution >= 0.6 is 0 Å². The van der Waals surface area contributed by atoms with Crippen molar-refractivity contribution in [3.63, 3.8) is 0 Å². The van der Waals surface area contributed by atoms with E-state index in [0.29, 0.717) is 30.9 Å². The molecule has 0 fully saturated rings. The molecule has 0 saturated heterocycles. The number of aliphatic hydroxyl groups excluding tert-OH is 1. The Morgan fingerprint density at radius 1 is 1.42 bits per heavy atom. The van der Waals surface area contributed by atoms with Crippen LogP contribution in [0.3, 0.4) is 0 Å². The second kappa shape index (κ2) is 8.30. The monoisotopic (exact) mass is 261 g/mol. The number of aliphatic hydroxyl groups is 1. The molecule has 0 aliphatic rings. The third kappa shape index (κ3) is 4.74. The zero-order valence-corrected chi connectivity index (χ0v) is 11.3. The van der Waals surface area contributed by atoms with Gasteiger partial charge in [-0.25, -0.2) is 0 Å². The molecule has 1 aromatic carbocycles. The molecule has 0 radical (unpaired) electrons. The maximum absolute atomic E-state index is 12.3. The number of amides is 1. The number of rotatable bonds is 5. The quantitative estimate of drug-likeness (QED) is 0.639. The Bertz CT molecular complexity index is 474. The van der Waals surface area contributed by atoms with Gasteiger partial charge in [0.1, 0.15) is 6.61 Å². The SMILES string of the molecule is CCOCCN(C)C(=O)c1ccccc1C#CCO. The largest absolute Gasteiger partial charge is 0.384 e. The van der Waals surface area contributed by atoms with Crippen LogP contribution in [0.25, 0.3) is 0 Å². The highest BCUT2D eigenvalue weighted by atomic mass is 16.5. The molecule has 1 rings (SSSR count). The number of hydrogen-bond acceptors (Lipinski definition) is 3. The van der Waals surface area contributed by atoms with E-state index < -0.39 is 0 Å². The van der Waals surface area contributed by atoms with E-state index in [1.165, 1.54) is 0 Å². The molecule has 0 aliphatic carbocycles. The topological polar surface area (TPSA) is 49.8 Å². The molecule has 0 heterocycles. The Kier molecular flexibility index (Phi) is 6.65. The van der Waals surface area contributed by atoms with E-state index in [2.05, 4.69) is 11.8 Å². The van der Waals surface area contributed by atoms with E-state index in [4.69, 9.17) is 9.84 Å². The molecule has 102 valence electrons. The van der Waals surface area contributed by atoms with Gasteiger partial charge >= 0.3 is 0 Å². The maximum atomic E-state index is 12.3. The highest BCUT2D eigenvalue weighted by Gasteiger charge is 2.14. The van der Waals surface area contributed by atoms with Crippen LogP contribution in [0.5, 0.6) is 0 Å². The third-order valence-electron chi connectivity index (χ3n) is 2.58. The summed E-state index contributed by atoms with van der Waals surface area (Å²) in [5, 5.41) is 8.72. The van der Waals surface area contributed by atoms with Crippen LogP contribution in [0, 0.1) is 11.8 Å². The molecule has 0 saturated carbocycles. The fourth-order valence-corrected chi connectivity index (χ4v) is 1.57. The Hall–Kier alpha value is -1.83. The molecule has 0 aliphatic heterocycles. The summed E-state index contributed by atoms with van der Waals surface area (Å²) in [4.78, 5) is 13.9. The number of benzene rings is 1. The summed E-state index contributed by atoms with van der Waals surface area (Å²) in [6, 6.07) is 7.12. The van der Waals surface area contributed by atoms with Crippen molar-refractivity contribution in [2.45, 2.75) is 6.92 Å². The van der Waals surface area contributed by atoms with Gasteiger partial charge in [0.15, 0.2) is 0 Å². The molecule has 4 nitrogen and oxygen atoms in total. The minimum Gasteiger partial charge on any atom is -0.384 e. The molecular formula is C15H19NO3. The van der Waals surface area contributed by atoms with Crippen molar-refractivity contribution >= 4 is 5.91 Å². The van der Waals surface area contributed by atoms with E-state index >= 15 is 0 Å². The van der Waals surface area contributed by atoms with E-state index in [0.717, 1.165) is 0 Å². The van der Waals surface area contributed by atoms with Gasteiger partial charge in [-0.3, -0.25) is 4.79 Å². The minimum absolute atomic E-state index is 0.0949. The average molecular weight is 261 g/mol. The van der Waals surface area contributed by atoms with E-state index in [9.17, 15) is 4.79 Å². The highest BCUT2D eigenvalue weighted by molar-refractivity contribution is 5.96. The number of likely N-dealkylation sites (N-methyl/N-ethyl adjacent to an activating group) is 1. The molecule has 0 unspecified atom stereocenters. The van der Waals surface area contributed by atoms with Crippen molar-refractivity contribution in [3.8, 4) is 11.8 Å². The van der Waals surface area contributed by atoms with E-state index in [-0.39, 0.29) is 12.5 Å². The minimum atomic E-state index is -0.220. The predicted molar refractivity (Wildman–Crippen MR) is 73.9 cm³/mol. The fraction of sp³-hybridized carbons (Fsp3) is 0.400. The van der Waals surface area contributed by atoms with Crippen LogP contribution in [0.2, 0.25) is 0 Å². The average Bonchev–Trinajstić information content (AvgIpc) is 2.44. The van der Waals surface area contributed by atoms with Gasteiger partial charge in [0.05, 0.1) is 12.2 Å². The van der Waals surface area contributed by atoms with Gasteiger partial charge in [-0.1, -0.05) is 24.0 Å². The van der Waals surface area contributed by atoms with Gasteiger partial charge in [-0.2, -0.15) is 0 Å². The molecule has 0 spiro atoms. The van der Waals surface area contributed by atoms with Crippen molar-refractivity contribution in [2.75, 3.05) is 33.4 Å². The van der Waals surface area contributed by atoms with Crippen molar-refractivity contribution in [1.82, 2.24) is 4.90 Å². The number of nitrogens with zero attached hydrogens (tertiary/aromatic N) is 1. The lowest BCUT2D eigenvalue weighted by Gasteiger charge is -2.17. The smallest absolute Gasteiger partial charge is 0.254 e. The maximum Gasteiger partial charge on any atom is 0.254 e. The summed E-state index contributed by atoms with van der Waals surface area (Å²) in [6.07, 6.45) is 0. The normalized spacial score (nSPS) is 9.63. The van der Waals surface area contributed by atoms with Gasteiger partial charge in [0.2, 0.25) is 0 Å². The Balaban J connectivity index is 2.81. The summed E-state index contributed by atoms with van der Waals surface area (Å²) < 4.78 is 5.23. The van der Waals surface area contributed by atoms with E-state index in [1.54, 1.807) is 30.1 Å². The van der Waals surface area contributed by atoms with E-state index in [1.807, 2.05) is 13.0 Å². The zero-order chi connectivity index (χ0) is 14.1. The third-order valence-corrected chi connectivity index (χ3v) is 2.58. The first kappa shape index (κ1) is 15.2. The molecule has 1 aromatic rings. The zero-order valence-electron chi connectivity index (χ0n) is 11.3. The fourth-order valence-electron chi connectivity index (χ4n) is 1.57. The molecule has 0 aromatic heterocycles.